The van der Waals surface area contributed by atoms with Gasteiger partial charge in [0.25, 0.3) is 0 Å². The van der Waals surface area contributed by atoms with Crippen LogP contribution in [0, 0.1) is 5.92 Å². The smallest absolute Gasteiger partial charge is 0.248 e. The molecule has 0 spiro atoms. The number of carbonyl (C=O) groups excluding carboxylic acids is 1. The van der Waals surface area contributed by atoms with Crippen molar-refractivity contribution in [2.75, 3.05) is 20.3 Å². The van der Waals surface area contributed by atoms with Crippen LogP contribution in [0.25, 0.3) is 0 Å². The molecule has 2 unspecified atom stereocenters. The zero-order chi connectivity index (χ0) is 13.6. The highest BCUT2D eigenvalue weighted by molar-refractivity contribution is 5.78. The molecule has 0 aromatic heterocycles. The van der Waals surface area contributed by atoms with Gasteiger partial charge >= 0.3 is 0 Å². The van der Waals surface area contributed by atoms with E-state index in [9.17, 15) is 13.6 Å². The van der Waals surface area contributed by atoms with Gasteiger partial charge in [-0.05, 0) is 19.3 Å². The summed E-state index contributed by atoms with van der Waals surface area (Å²) in [5.41, 5.74) is 5.70. The van der Waals surface area contributed by atoms with Crippen LogP contribution in [0.2, 0.25) is 0 Å². The third kappa shape index (κ3) is 5.27. The maximum Gasteiger partial charge on any atom is 0.248 e. The van der Waals surface area contributed by atoms with Crippen LogP contribution >= 0.6 is 0 Å². The Morgan fingerprint density at radius 2 is 2.33 bits per heavy atom. The van der Waals surface area contributed by atoms with Gasteiger partial charge < -0.3 is 15.8 Å². The first-order chi connectivity index (χ1) is 8.44. The van der Waals surface area contributed by atoms with Crippen molar-refractivity contribution in [1.29, 1.82) is 0 Å². The summed E-state index contributed by atoms with van der Waals surface area (Å²) in [7, 11) is 1.56. The number of amides is 1. The van der Waals surface area contributed by atoms with Crippen LogP contribution in [0.3, 0.4) is 0 Å². The van der Waals surface area contributed by atoms with Gasteiger partial charge in [-0.1, -0.05) is 0 Å². The number of nitrogens with two attached hydrogens (primary N) is 1. The minimum atomic E-state index is -2.69. The van der Waals surface area contributed by atoms with Gasteiger partial charge in [0, 0.05) is 38.5 Å². The Hall–Kier alpha value is -0.750. The summed E-state index contributed by atoms with van der Waals surface area (Å²) in [5.74, 6) is -3.53. The molecule has 0 radical (unpaired) electrons. The standard InChI is InChI=1S/C12H22F2N2O2/c1-18-8-10(15)4-6-16-11(17)9-3-2-5-12(13,14)7-9/h9-10H,2-8,15H2,1H3,(H,16,17). The molecule has 1 rings (SSSR count). The molecule has 0 bridgehead atoms. The number of rotatable bonds is 6. The lowest BCUT2D eigenvalue weighted by atomic mass is 9.86. The molecule has 6 heteroatoms. The fourth-order valence-electron chi connectivity index (χ4n) is 2.22. The molecule has 18 heavy (non-hydrogen) atoms. The van der Waals surface area contributed by atoms with Crippen LogP contribution in [-0.4, -0.2) is 38.1 Å². The fraction of sp³-hybridized carbons (Fsp3) is 0.917. The Morgan fingerprint density at radius 1 is 1.61 bits per heavy atom. The van der Waals surface area contributed by atoms with Gasteiger partial charge in [-0.25, -0.2) is 8.78 Å². The monoisotopic (exact) mass is 264 g/mol. The number of halogens is 2. The summed E-state index contributed by atoms with van der Waals surface area (Å²) in [4.78, 5) is 11.7. The van der Waals surface area contributed by atoms with Crippen molar-refractivity contribution in [3.63, 3.8) is 0 Å². The first-order valence-corrected chi connectivity index (χ1v) is 6.34. The maximum atomic E-state index is 13.1. The summed E-state index contributed by atoms with van der Waals surface area (Å²) >= 11 is 0. The average Bonchev–Trinajstić information content (AvgIpc) is 2.28. The van der Waals surface area contributed by atoms with Crippen LogP contribution in [0.4, 0.5) is 8.78 Å². The quantitative estimate of drug-likeness (QED) is 0.760. The Balaban J connectivity index is 2.24. The highest BCUT2D eigenvalue weighted by atomic mass is 19.3. The van der Waals surface area contributed by atoms with Crippen LogP contribution in [0.15, 0.2) is 0 Å². The maximum absolute atomic E-state index is 13.1. The molecule has 1 aliphatic rings. The predicted octanol–water partition coefficient (Wildman–Crippen LogP) is 1.29. The average molecular weight is 264 g/mol. The third-order valence-electron chi connectivity index (χ3n) is 3.21. The summed E-state index contributed by atoms with van der Waals surface area (Å²) in [6, 6.07) is -0.136. The largest absolute Gasteiger partial charge is 0.383 e. The normalized spacial score (nSPS) is 24.6. The van der Waals surface area contributed by atoms with Gasteiger partial charge in [-0.3, -0.25) is 4.79 Å². The van der Waals surface area contributed by atoms with Crippen LogP contribution < -0.4 is 11.1 Å². The topological polar surface area (TPSA) is 64.3 Å². The van der Waals surface area contributed by atoms with Crippen molar-refractivity contribution in [2.45, 2.75) is 44.1 Å². The molecule has 0 saturated heterocycles. The van der Waals surface area contributed by atoms with Gasteiger partial charge in [-0.2, -0.15) is 0 Å². The summed E-state index contributed by atoms with van der Waals surface area (Å²) in [5, 5.41) is 2.67. The molecule has 0 aromatic rings. The lowest BCUT2D eigenvalue weighted by Gasteiger charge is -2.28. The van der Waals surface area contributed by atoms with Crippen molar-refractivity contribution in [3.05, 3.63) is 0 Å². The van der Waals surface area contributed by atoms with E-state index in [0.29, 0.717) is 32.4 Å². The Labute approximate surface area is 106 Å². The number of nitrogens with one attached hydrogen (secondary N) is 1. The summed E-state index contributed by atoms with van der Waals surface area (Å²) in [6.07, 6.45) is 1.11. The number of ether oxygens (including phenoxy) is 1. The van der Waals surface area contributed by atoms with Gasteiger partial charge in [0.1, 0.15) is 0 Å². The Kier molecular flexibility index (Phi) is 5.95. The summed E-state index contributed by atoms with van der Waals surface area (Å²) in [6.45, 7) is 0.836. The second kappa shape index (κ2) is 6.99. The van der Waals surface area contributed by atoms with Crippen molar-refractivity contribution < 1.29 is 18.3 Å². The molecule has 1 aliphatic carbocycles. The zero-order valence-corrected chi connectivity index (χ0v) is 10.8. The number of alkyl halides is 2. The van der Waals surface area contributed by atoms with E-state index in [4.69, 9.17) is 10.5 Å². The molecule has 0 aromatic carbocycles. The molecule has 0 heterocycles. The molecule has 2 atom stereocenters. The van der Waals surface area contributed by atoms with Gasteiger partial charge in [0.05, 0.1) is 6.61 Å². The second-order valence-electron chi connectivity index (χ2n) is 4.94. The highest BCUT2D eigenvalue weighted by Crippen LogP contribution is 2.36. The fourth-order valence-corrected chi connectivity index (χ4v) is 2.22. The van der Waals surface area contributed by atoms with Gasteiger partial charge in [-0.15, -0.1) is 0 Å². The molecule has 106 valence electrons. The molecule has 1 fully saturated rings. The van der Waals surface area contributed by atoms with Crippen molar-refractivity contribution in [3.8, 4) is 0 Å². The second-order valence-corrected chi connectivity index (χ2v) is 4.94. The van der Waals surface area contributed by atoms with Gasteiger partial charge in [0.2, 0.25) is 11.8 Å². The van der Waals surface area contributed by atoms with Crippen molar-refractivity contribution in [1.82, 2.24) is 5.32 Å². The number of hydrogen-bond acceptors (Lipinski definition) is 3. The van der Waals surface area contributed by atoms with Crippen LogP contribution in [0.1, 0.15) is 32.1 Å². The zero-order valence-electron chi connectivity index (χ0n) is 10.8. The van der Waals surface area contributed by atoms with Crippen molar-refractivity contribution >= 4 is 5.91 Å². The number of methoxy groups -OCH3 is 1. The van der Waals surface area contributed by atoms with Crippen LogP contribution in [0.5, 0.6) is 0 Å². The molecular weight excluding hydrogens is 242 g/mol. The Morgan fingerprint density at radius 3 is 2.94 bits per heavy atom. The molecule has 3 N–H and O–H groups in total. The van der Waals surface area contributed by atoms with E-state index in [1.165, 1.54) is 0 Å². The van der Waals surface area contributed by atoms with Crippen LogP contribution in [-0.2, 0) is 9.53 Å². The van der Waals surface area contributed by atoms with E-state index in [-0.39, 0.29) is 24.8 Å². The molecule has 4 nitrogen and oxygen atoms in total. The van der Waals surface area contributed by atoms with E-state index in [2.05, 4.69) is 5.32 Å². The van der Waals surface area contributed by atoms with E-state index < -0.39 is 11.8 Å². The Bertz CT molecular complexity index is 275. The molecular formula is C12H22F2N2O2. The van der Waals surface area contributed by atoms with Crippen molar-refractivity contribution in [2.24, 2.45) is 11.7 Å². The molecule has 0 aliphatic heterocycles. The number of hydrogen-bond donors (Lipinski definition) is 2. The SMILES string of the molecule is COCC(N)CCNC(=O)C1CCCC(F)(F)C1. The highest BCUT2D eigenvalue weighted by Gasteiger charge is 2.38. The predicted molar refractivity (Wildman–Crippen MR) is 64.4 cm³/mol. The minimum Gasteiger partial charge on any atom is -0.383 e. The third-order valence-corrected chi connectivity index (χ3v) is 3.21. The van der Waals surface area contributed by atoms with E-state index in [1.807, 2.05) is 0 Å². The van der Waals surface area contributed by atoms with E-state index in [0.717, 1.165) is 0 Å². The van der Waals surface area contributed by atoms with E-state index in [1.54, 1.807) is 7.11 Å². The minimum absolute atomic E-state index is 0.102. The van der Waals surface area contributed by atoms with Gasteiger partial charge in [0.15, 0.2) is 0 Å². The lowest BCUT2D eigenvalue weighted by Crippen LogP contribution is -2.39. The van der Waals surface area contributed by atoms with E-state index >= 15 is 0 Å². The summed E-state index contributed by atoms with van der Waals surface area (Å²) < 4.78 is 31.2. The number of carbonyl (C=O) groups is 1. The first kappa shape index (κ1) is 15.3. The lowest BCUT2D eigenvalue weighted by molar-refractivity contribution is -0.132. The first-order valence-electron chi connectivity index (χ1n) is 6.34. The molecule has 1 saturated carbocycles. The molecule has 1 amide bonds.